The van der Waals surface area contributed by atoms with Crippen LogP contribution in [0.4, 0.5) is 10.1 Å². The SMILES string of the molecule is CCC=CCC=CCC=CCC=CCC=CCC=CCCC(=O)NCCN(C)CCNC(=O)C[C@H](O)C[C@H](O)CCn1c(-c2ccc(F)cc2)c(-c2ccccc2)c(C(=O)Nc2ccccc2)c1C(C)C. The van der Waals surface area contributed by atoms with Gasteiger partial charge in [0.2, 0.25) is 11.8 Å². The molecule has 0 aliphatic heterocycles. The number of allylic oxidation sites excluding steroid dienone is 12. The third-order valence-electron chi connectivity index (χ3n) is 11.7. The molecule has 0 aliphatic carbocycles. The zero-order valence-corrected chi connectivity index (χ0v) is 42.4. The summed E-state index contributed by atoms with van der Waals surface area (Å²) in [6, 6.07) is 25.0. The van der Waals surface area contributed by atoms with Crippen LogP contribution in [0.25, 0.3) is 22.4 Å². The van der Waals surface area contributed by atoms with Crippen LogP contribution in [0, 0.1) is 5.82 Å². The molecule has 1 heterocycles. The van der Waals surface area contributed by atoms with E-state index in [9.17, 15) is 29.0 Å². The zero-order chi connectivity index (χ0) is 51.1. The minimum Gasteiger partial charge on any atom is -0.393 e. The number of amides is 3. The van der Waals surface area contributed by atoms with E-state index in [1.54, 1.807) is 12.1 Å². The molecule has 10 nitrogen and oxygen atoms in total. The molecule has 0 saturated carbocycles. The van der Waals surface area contributed by atoms with Gasteiger partial charge in [0.25, 0.3) is 5.91 Å². The van der Waals surface area contributed by atoms with Crippen LogP contribution in [-0.4, -0.2) is 82.8 Å². The Morgan fingerprint density at radius 1 is 0.662 bits per heavy atom. The summed E-state index contributed by atoms with van der Waals surface area (Å²) >= 11 is 0. The molecular formula is C60H78FN5O5. The van der Waals surface area contributed by atoms with Crippen molar-refractivity contribution in [3.05, 3.63) is 175 Å². The first kappa shape index (κ1) is 57.2. The zero-order valence-electron chi connectivity index (χ0n) is 42.4. The molecule has 5 N–H and O–H groups in total. The second-order valence-corrected chi connectivity index (χ2v) is 18.0. The van der Waals surface area contributed by atoms with Gasteiger partial charge in [-0.2, -0.15) is 0 Å². The number of aromatic nitrogens is 1. The van der Waals surface area contributed by atoms with E-state index in [0.717, 1.165) is 55.5 Å². The Morgan fingerprint density at radius 3 is 1.73 bits per heavy atom. The molecule has 3 aromatic carbocycles. The van der Waals surface area contributed by atoms with E-state index in [0.29, 0.717) is 61.4 Å². The van der Waals surface area contributed by atoms with E-state index in [1.807, 2.05) is 97.1 Å². The van der Waals surface area contributed by atoms with Crippen molar-refractivity contribution in [3.63, 3.8) is 0 Å². The fourth-order valence-corrected chi connectivity index (χ4v) is 8.11. The fourth-order valence-electron chi connectivity index (χ4n) is 8.11. The smallest absolute Gasteiger partial charge is 0.258 e. The number of hydrogen-bond donors (Lipinski definition) is 5. The van der Waals surface area contributed by atoms with Gasteiger partial charge in [0.1, 0.15) is 5.82 Å². The van der Waals surface area contributed by atoms with Gasteiger partial charge >= 0.3 is 0 Å². The van der Waals surface area contributed by atoms with Crippen LogP contribution >= 0.6 is 0 Å². The van der Waals surface area contributed by atoms with Gasteiger partial charge in [-0.25, -0.2) is 4.39 Å². The number of anilines is 1. The molecule has 3 amide bonds. The number of carbonyl (C=O) groups is 3. The predicted octanol–water partition coefficient (Wildman–Crippen LogP) is 11.9. The van der Waals surface area contributed by atoms with Crippen molar-refractivity contribution in [2.75, 3.05) is 38.5 Å². The Labute approximate surface area is 422 Å². The third-order valence-corrected chi connectivity index (χ3v) is 11.7. The number of aliphatic hydroxyl groups is 2. The number of para-hydroxylation sites is 1. The summed E-state index contributed by atoms with van der Waals surface area (Å²) in [6.07, 6.45) is 30.8. The number of carbonyl (C=O) groups excluding carboxylic acids is 3. The maximum Gasteiger partial charge on any atom is 0.258 e. The first-order chi connectivity index (χ1) is 34.5. The first-order valence-corrected chi connectivity index (χ1v) is 25.4. The molecule has 0 unspecified atom stereocenters. The van der Waals surface area contributed by atoms with Crippen LogP contribution in [0.3, 0.4) is 0 Å². The lowest BCUT2D eigenvalue weighted by Gasteiger charge is -2.20. The Balaban J connectivity index is 1.17. The van der Waals surface area contributed by atoms with Gasteiger partial charge in [-0.15, -0.1) is 0 Å². The summed E-state index contributed by atoms with van der Waals surface area (Å²) in [7, 11) is 1.92. The third kappa shape index (κ3) is 21.6. The lowest BCUT2D eigenvalue weighted by atomic mass is 9.94. The molecule has 4 rings (SSSR count). The highest BCUT2D eigenvalue weighted by atomic mass is 19.1. The Bertz CT molecular complexity index is 2370. The predicted molar refractivity (Wildman–Crippen MR) is 291 cm³/mol. The summed E-state index contributed by atoms with van der Waals surface area (Å²) in [6.45, 7) is 8.49. The molecule has 0 bridgehead atoms. The monoisotopic (exact) mass is 968 g/mol. The Hall–Kier alpha value is -6.40. The maximum absolute atomic E-state index is 14.3. The summed E-state index contributed by atoms with van der Waals surface area (Å²) in [5.74, 6) is -1.13. The normalized spacial score (nSPS) is 13.0. The second kappa shape index (κ2) is 33.2. The van der Waals surface area contributed by atoms with Crippen molar-refractivity contribution in [3.8, 4) is 22.4 Å². The van der Waals surface area contributed by atoms with Crippen LogP contribution in [0.5, 0.6) is 0 Å². The highest BCUT2D eigenvalue weighted by Crippen LogP contribution is 2.42. The van der Waals surface area contributed by atoms with Gasteiger partial charge < -0.3 is 35.6 Å². The molecule has 380 valence electrons. The maximum atomic E-state index is 14.3. The van der Waals surface area contributed by atoms with E-state index in [2.05, 4.69) is 89.7 Å². The number of nitrogens with one attached hydrogen (secondary N) is 3. The molecule has 0 aliphatic rings. The number of likely N-dealkylation sites (N-methyl/N-ethyl adjacent to an activating group) is 1. The van der Waals surface area contributed by atoms with Crippen LogP contribution in [0.2, 0.25) is 0 Å². The molecule has 71 heavy (non-hydrogen) atoms. The first-order valence-electron chi connectivity index (χ1n) is 25.4. The van der Waals surface area contributed by atoms with E-state index < -0.39 is 12.2 Å². The average molecular weight is 968 g/mol. The number of nitrogens with zero attached hydrogens (tertiary/aromatic N) is 2. The number of hydrogen-bond acceptors (Lipinski definition) is 6. The van der Waals surface area contributed by atoms with E-state index >= 15 is 0 Å². The van der Waals surface area contributed by atoms with Crippen molar-refractivity contribution in [1.29, 1.82) is 0 Å². The summed E-state index contributed by atoms with van der Waals surface area (Å²) < 4.78 is 16.3. The van der Waals surface area contributed by atoms with Gasteiger partial charge in [0.05, 0.1) is 29.9 Å². The molecule has 2 atom stereocenters. The molecule has 1 aromatic heterocycles. The highest BCUT2D eigenvalue weighted by molar-refractivity contribution is 6.12. The number of halogens is 1. The molecule has 0 radical (unpaired) electrons. The number of rotatable bonds is 32. The fraction of sp³-hybridized carbons (Fsp3) is 0.383. The van der Waals surface area contributed by atoms with Gasteiger partial charge in [0.15, 0.2) is 0 Å². The van der Waals surface area contributed by atoms with Crippen molar-refractivity contribution in [2.24, 2.45) is 0 Å². The summed E-state index contributed by atoms with van der Waals surface area (Å²) in [4.78, 5) is 41.5. The largest absolute Gasteiger partial charge is 0.393 e. The van der Waals surface area contributed by atoms with Crippen LogP contribution in [-0.2, 0) is 16.1 Å². The minimum absolute atomic E-state index is 0.00244. The van der Waals surface area contributed by atoms with Crippen molar-refractivity contribution in [2.45, 2.75) is 116 Å². The standard InChI is InChI=1S/C60H78FN5O5/c1-5-6-7-8-9-10-11-12-13-14-15-16-17-18-19-20-21-22-29-34-54(69)62-40-43-65(4)44-41-63-55(70)46-53(68)45-52(67)39-42-66-58(47(2)3)57(60(71)64-51-32-27-24-28-33-51)56(48-30-25-23-26-31-48)59(66)49-35-37-50(61)38-36-49/h6-7,9-10,12-13,15-16,18-19,21-28,30-33,35-38,47,52-53,67-68H,5,8,11,14,17,20,29,34,39-46H2,1-4H3,(H,62,69)(H,63,70)(H,64,71)/t52-,53-/m1/s1. The topological polar surface area (TPSA) is 136 Å². The highest BCUT2D eigenvalue weighted by Gasteiger charge is 2.31. The molecule has 0 fully saturated rings. The number of benzene rings is 3. The van der Waals surface area contributed by atoms with Gasteiger partial charge in [-0.05, 0) is 118 Å². The van der Waals surface area contributed by atoms with E-state index in [4.69, 9.17) is 0 Å². The molecule has 4 aromatic rings. The summed E-state index contributed by atoms with van der Waals surface area (Å²) in [5.41, 5.74) is 4.83. The van der Waals surface area contributed by atoms with Gasteiger partial charge in [-0.3, -0.25) is 14.4 Å². The van der Waals surface area contributed by atoms with E-state index in [1.165, 1.54) is 12.1 Å². The quantitative estimate of drug-likeness (QED) is 0.0309. The lowest BCUT2D eigenvalue weighted by molar-refractivity contribution is -0.123. The van der Waals surface area contributed by atoms with Crippen molar-refractivity contribution < 1.29 is 29.0 Å². The lowest BCUT2D eigenvalue weighted by Crippen LogP contribution is -2.38. The molecular weight excluding hydrogens is 890 g/mol. The average Bonchev–Trinajstić information content (AvgIpc) is 3.70. The van der Waals surface area contributed by atoms with Gasteiger partial charge in [-0.1, -0.05) is 142 Å². The second-order valence-electron chi connectivity index (χ2n) is 18.0. The van der Waals surface area contributed by atoms with Crippen molar-refractivity contribution >= 4 is 23.4 Å². The van der Waals surface area contributed by atoms with E-state index in [-0.39, 0.29) is 55.3 Å². The molecule has 0 saturated heterocycles. The Morgan fingerprint density at radius 2 is 1.18 bits per heavy atom. The van der Waals surface area contributed by atoms with Crippen molar-refractivity contribution in [1.82, 2.24) is 20.1 Å². The van der Waals surface area contributed by atoms with Crippen LogP contribution in [0.1, 0.15) is 113 Å². The Kier molecular flexibility index (Phi) is 26.8. The summed E-state index contributed by atoms with van der Waals surface area (Å²) in [5, 5.41) is 31.1. The van der Waals surface area contributed by atoms with Gasteiger partial charge in [0, 0.05) is 56.1 Å². The number of aliphatic hydroxyl groups excluding tert-OH is 2. The molecule has 0 spiro atoms. The van der Waals surface area contributed by atoms with Crippen LogP contribution in [0.15, 0.2) is 158 Å². The van der Waals surface area contributed by atoms with Crippen LogP contribution < -0.4 is 16.0 Å². The molecule has 11 heteroatoms. The minimum atomic E-state index is -1.08.